The minimum Gasteiger partial charge on any atom is -0.398 e. The molecule has 98 valence electrons. The molecule has 2 unspecified atom stereocenters. The van der Waals surface area contributed by atoms with Crippen LogP contribution in [0.2, 0.25) is 0 Å². The standard InChI is InChI=1S/C15H21BrN2/c16-13-7-6-12(14(17)9-13)10-18-8-2-4-11-3-1-5-15(11)18/h6-7,9,11,15H,1-5,8,10,17H2. The maximum absolute atomic E-state index is 6.12. The van der Waals surface area contributed by atoms with Crippen LogP contribution in [0.3, 0.4) is 0 Å². The molecule has 0 bridgehead atoms. The van der Waals surface area contributed by atoms with Gasteiger partial charge in [0.05, 0.1) is 0 Å². The predicted molar refractivity (Wildman–Crippen MR) is 79.3 cm³/mol. The lowest BCUT2D eigenvalue weighted by Crippen LogP contribution is -2.41. The number of nitrogens with two attached hydrogens (primary N) is 1. The summed E-state index contributed by atoms with van der Waals surface area (Å²) in [5.41, 5.74) is 8.32. The van der Waals surface area contributed by atoms with Crippen LogP contribution in [0, 0.1) is 5.92 Å². The average molecular weight is 309 g/mol. The number of nitrogens with zero attached hydrogens (tertiary/aromatic N) is 1. The van der Waals surface area contributed by atoms with Crippen LogP contribution in [0.4, 0.5) is 5.69 Å². The average Bonchev–Trinajstić information content (AvgIpc) is 2.82. The SMILES string of the molecule is Nc1cc(Br)ccc1CN1CCCC2CCCC21. The molecule has 2 N–H and O–H groups in total. The zero-order chi connectivity index (χ0) is 12.5. The van der Waals surface area contributed by atoms with E-state index >= 15 is 0 Å². The van der Waals surface area contributed by atoms with Gasteiger partial charge in [-0.25, -0.2) is 0 Å². The monoisotopic (exact) mass is 308 g/mol. The van der Waals surface area contributed by atoms with Crippen molar-refractivity contribution in [2.45, 2.75) is 44.7 Å². The number of anilines is 1. The van der Waals surface area contributed by atoms with Gasteiger partial charge in [0.25, 0.3) is 0 Å². The van der Waals surface area contributed by atoms with Crippen LogP contribution >= 0.6 is 15.9 Å². The number of benzene rings is 1. The normalized spacial score (nSPS) is 28.3. The highest BCUT2D eigenvalue weighted by molar-refractivity contribution is 9.10. The first kappa shape index (κ1) is 12.5. The van der Waals surface area contributed by atoms with E-state index in [2.05, 4.69) is 33.0 Å². The molecular formula is C15H21BrN2. The number of hydrogen-bond acceptors (Lipinski definition) is 2. The van der Waals surface area contributed by atoms with E-state index in [0.29, 0.717) is 0 Å². The van der Waals surface area contributed by atoms with E-state index in [-0.39, 0.29) is 0 Å². The van der Waals surface area contributed by atoms with Gasteiger partial charge < -0.3 is 5.73 Å². The molecule has 1 aliphatic heterocycles. The van der Waals surface area contributed by atoms with Crippen LogP contribution in [-0.4, -0.2) is 17.5 Å². The van der Waals surface area contributed by atoms with Crippen LogP contribution in [-0.2, 0) is 6.54 Å². The third-order valence-electron chi connectivity index (χ3n) is 4.59. The van der Waals surface area contributed by atoms with Crippen molar-refractivity contribution in [2.24, 2.45) is 5.92 Å². The maximum atomic E-state index is 6.12. The molecule has 0 amide bonds. The summed E-state index contributed by atoms with van der Waals surface area (Å²) in [6.45, 7) is 2.27. The number of halogens is 1. The minimum absolute atomic E-state index is 0.821. The Hall–Kier alpha value is -0.540. The molecule has 0 aromatic heterocycles. The lowest BCUT2D eigenvalue weighted by atomic mass is 9.91. The quantitative estimate of drug-likeness (QED) is 0.842. The third-order valence-corrected chi connectivity index (χ3v) is 5.08. The molecule has 3 heteroatoms. The Kier molecular flexibility index (Phi) is 3.62. The second-order valence-electron chi connectivity index (χ2n) is 5.71. The van der Waals surface area contributed by atoms with Gasteiger partial charge in [0.2, 0.25) is 0 Å². The fraction of sp³-hybridized carbons (Fsp3) is 0.600. The van der Waals surface area contributed by atoms with E-state index in [0.717, 1.165) is 28.7 Å². The first-order valence-electron chi connectivity index (χ1n) is 7.02. The van der Waals surface area contributed by atoms with E-state index in [4.69, 9.17) is 5.73 Å². The molecule has 1 aromatic rings. The largest absolute Gasteiger partial charge is 0.398 e. The lowest BCUT2D eigenvalue weighted by Gasteiger charge is -2.38. The van der Waals surface area contributed by atoms with Crippen molar-refractivity contribution in [1.29, 1.82) is 0 Å². The van der Waals surface area contributed by atoms with Crippen molar-refractivity contribution in [3.05, 3.63) is 28.2 Å². The van der Waals surface area contributed by atoms with Crippen molar-refractivity contribution >= 4 is 21.6 Å². The maximum Gasteiger partial charge on any atom is 0.0371 e. The first-order chi connectivity index (χ1) is 8.74. The number of hydrogen-bond donors (Lipinski definition) is 1. The molecule has 1 saturated carbocycles. The van der Waals surface area contributed by atoms with Crippen molar-refractivity contribution in [3.63, 3.8) is 0 Å². The Bertz CT molecular complexity index is 433. The molecule has 3 rings (SSSR count). The van der Waals surface area contributed by atoms with E-state index < -0.39 is 0 Å². The second-order valence-corrected chi connectivity index (χ2v) is 6.63. The van der Waals surface area contributed by atoms with Gasteiger partial charge in [-0.15, -0.1) is 0 Å². The Morgan fingerprint density at radius 1 is 1.22 bits per heavy atom. The summed E-state index contributed by atoms with van der Waals surface area (Å²) in [5.74, 6) is 0.954. The number of nitrogen functional groups attached to an aromatic ring is 1. The number of likely N-dealkylation sites (tertiary alicyclic amines) is 1. The number of rotatable bonds is 2. The molecule has 1 heterocycles. The van der Waals surface area contributed by atoms with Gasteiger partial charge in [0.1, 0.15) is 0 Å². The Labute approximate surface area is 118 Å². The molecule has 2 fully saturated rings. The summed E-state index contributed by atoms with van der Waals surface area (Å²) >= 11 is 3.47. The Morgan fingerprint density at radius 2 is 2.06 bits per heavy atom. The van der Waals surface area contributed by atoms with Crippen molar-refractivity contribution < 1.29 is 0 Å². The van der Waals surface area contributed by atoms with E-state index in [1.54, 1.807) is 0 Å². The van der Waals surface area contributed by atoms with Crippen LogP contribution in [0.25, 0.3) is 0 Å². The summed E-state index contributed by atoms with van der Waals surface area (Å²) in [7, 11) is 0. The Morgan fingerprint density at radius 3 is 2.89 bits per heavy atom. The van der Waals surface area contributed by atoms with Gasteiger partial charge in [-0.3, -0.25) is 4.90 Å². The van der Waals surface area contributed by atoms with Crippen LogP contribution in [0.5, 0.6) is 0 Å². The zero-order valence-electron chi connectivity index (χ0n) is 10.7. The number of fused-ring (bicyclic) bond motifs is 1. The topological polar surface area (TPSA) is 29.3 Å². The molecule has 1 aliphatic carbocycles. The van der Waals surface area contributed by atoms with Crippen molar-refractivity contribution in [1.82, 2.24) is 4.90 Å². The van der Waals surface area contributed by atoms with Gasteiger partial charge in [0, 0.05) is 22.7 Å². The predicted octanol–water partition coefficient (Wildman–Crippen LogP) is 3.80. The van der Waals surface area contributed by atoms with Gasteiger partial charge in [-0.05, 0) is 55.8 Å². The van der Waals surface area contributed by atoms with Gasteiger partial charge in [-0.1, -0.05) is 28.4 Å². The smallest absolute Gasteiger partial charge is 0.0371 e. The van der Waals surface area contributed by atoms with Crippen molar-refractivity contribution in [3.8, 4) is 0 Å². The summed E-state index contributed by atoms with van der Waals surface area (Å²) in [4.78, 5) is 2.67. The molecular weight excluding hydrogens is 288 g/mol. The third kappa shape index (κ3) is 2.43. The van der Waals surface area contributed by atoms with E-state index in [1.807, 2.05) is 6.07 Å². The molecule has 2 nitrogen and oxygen atoms in total. The highest BCUT2D eigenvalue weighted by Gasteiger charge is 2.34. The summed E-state index contributed by atoms with van der Waals surface area (Å²) in [6, 6.07) is 7.10. The molecule has 1 saturated heterocycles. The fourth-order valence-electron chi connectivity index (χ4n) is 3.68. The summed E-state index contributed by atoms with van der Waals surface area (Å²) in [6.07, 6.45) is 7.05. The van der Waals surface area contributed by atoms with E-state index in [9.17, 15) is 0 Å². The molecule has 0 spiro atoms. The molecule has 2 aliphatic rings. The van der Waals surface area contributed by atoms with Crippen LogP contribution in [0.1, 0.15) is 37.7 Å². The Balaban J connectivity index is 1.75. The number of piperidine rings is 1. The van der Waals surface area contributed by atoms with Gasteiger partial charge >= 0.3 is 0 Å². The second kappa shape index (κ2) is 5.22. The highest BCUT2D eigenvalue weighted by atomic mass is 79.9. The van der Waals surface area contributed by atoms with Gasteiger partial charge in [0.15, 0.2) is 0 Å². The van der Waals surface area contributed by atoms with Crippen LogP contribution in [0.15, 0.2) is 22.7 Å². The fourth-order valence-corrected chi connectivity index (χ4v) is 4.06. The molecule has 0 radical (unpaired) electrons. The zero-order valence-corrected chi connectivity index (χ0v) is 12.3. The first-order valence-corrected chi connectivity index (χ1v) is 7.81. The molecule has 18 heavy (non-hydrogen) atoms. The molecule has 1 aromatic carbocycles. The molecule has 2 atom stereocenters. The van der Waals surface area contributed by atoms with Crippen molar-refractivity contribution in [2.75, 3.05) is 12.3 Å². The minimum atomic E-state index is 0.821. The van der Waals surface area contributed by atoms with Crippen LogP contribution < -0.4 is 5.73 Å². The summed E-state index contributed by atoms with van der Waals surface area (Å²) < 4.78 is 1.07. The van der Waals surface area contributed by atoms with Gasteiger partial charge in [-0.2, -0.15) is 0 Å². The summed E-state index contributed by atoms with van der Waals surface area (Å²) in [5, 5.41) is 0. The van der Waals surface area contributed by atoms with E-state index in [1.165, 1.54) is 44.2 Å². The highest BCUT2D eigenvalue weighted by Crippen LogP contribution is 2.37. The lowest BCUT2D eigenvalue weighted by molar-refractivity contribution is 0.106.